The fourth-order valence-electron chi connectivity index (χ4n) is 3.05. The fraction of sp³-hybridized carbons (Fsp3) is 0.579. The number of hydrogen-bond donors (Lipinski definition) is 3. The lowest BCUT2D eigenvalue weighted by atomic mass is 10.1. The molecule has 1 saturated heterocycles. The number of amides is 1. The summed E-state index contributed by atoms with van der Waals surface area (Å²) in [6.07, 6.45) is 1.07. The summed E-state index contributed by atoms with van der Waals surface area (Å²) in [6.45, 7) is 11.3. The second-order valence-corrected chi connectivity index (χ2v) is 6.81. The molecule has 1 aromatic carbocycles. The van der Waals surface area contributed by atoms with Gasteiger partial charge in [0.25, 0.3) is 5.91 Å². The van der Waals surface area contributed by atoms with Crippen LogP contribution in [0, 0.1) is 0 Å². The highest BCUT2D eigenvalue weighted by Gasteiger charge is 2.14. The van der Waals surface area contributed by atoms with Crippen molar-refractivity contribution in [2.24, 2.45) is 0 Å². The zero-order chi connectivity index (χ0) is 18.8. The zero-order valence-electron chi connectivity index (χ0n) is 15.8. The van der Waals surface area contributed by atoms with E-state index < -0.39 is 0 Å². The summed E-state index contributed by atoms with van der Waals surface area (Å²) < 4.78 is 5.37. The van der Waals surface area contributed by atoms with Gasteiger partial charge >= 0.3 is 0 Å². The van der Waals surface area contributed by atoms with Gasteiger partial charge in [-0.05, 0) is 44.3 Å². The standard InChI is InChI=1S/C19H30N4O2S/c1-3-23(4-2)18(24)16-7-5-8-17(15-16)21-19(26)20-9-6-10-22-11-13-25-14-12-22/h5,7-8,15H,3-4,6,9-14H2,1-2H3,(H2,20,21,26)/p+1. The summed E-state index contributed by atoms with van der Waals surface area (Å²) in [6, 6.07) is 7.49. The van der Waals surface area contributed by atoms with Gasteiger partial charge in [-0.3, -0.25) is 4.79 Å². The van der Waals surface area contributed by atoms with Crippen molar-refractivity contribution in [3.8, 4) is 0 Å². The molecule has 7 heteroatoms. The van der Waals surface area contributed by atoms with Crippen LogP contribution < -0.4 is 15.5 Å². The Bertz CT molecular complexity index is 587. The molecule has 6 nitrogen and oxygen atoms in total. The first kappa shape index (κ1) is 20.6. The van der Waals surface area contributed by atoms with Crippen LogP contribution in [0.15, 0.2) is 24.3 Å². The Hall–Kier alpha value is -1.70. The van der Waals surface area contributed by atoms with Gasteiger partial charge in [0, 0.05) is 37.3 Å². The van der Waals surface area contributed by atoms with Crippen molar-refractivity contribution in [2.75, 3.05) is 57.8 Å². The average molecular weight is 380 g/mol. The van der Waals surface area contributed by atoms with E-state index in [9.17, 15) is 4.79 Å². The summed E-state index contributed by atoms with van der Waals surface area (Å²) >= 11 is 5.37. The Labute approximate surface area is 161 Å². The number of nitrogens with zero attached hydrogens (tertiary/aromatic N) is 1. The number of thiocarbonyl (C=S) groups is 1. The molecule has 1 amide bonds. The largest absolute Gasteiger partial charge is 0.370 e. The molecule has 3 N–H and O–H groups in total. The topological polar surface area (TPSA) is 58.0 Å². The maximum atomic E-state index is 12.4. The number of hydrogen-bond acceptors (Lipinski definition) is 3. The smallest absolute Gasteiger partial charge is 0.253 e. The SMILES string of the molecule is CCN(CC)C(=O)c1cccc(NC(=S)NCCC[NH+]2CCOCC2)c1. The maximum absolute atomic E-state index is 12.4. The predicted octanol–water partition coefficient (Wildman–Crippen LogP) is 0.760. The molecule has 1 aromatic rings. The number of ether oxygens (including phenoxy) is 1. The van der Waals surface area contributed by atoms with E-state index in [1.165, 1.54) is 0 Å². The molecule has 0 aliphatic carbocycles. The molecule has 1 aliphatic heterocycles. The molecule has 26 heavy (non-hydrogen) atoms. The number of rotatable bonds is 8. The van der Waals surface area contributed by atoms with Crippen LogP contribution in [0.1, 0.15) is 30.6 Å². The summed E-state index contributed by atoms with van der Waals surface area (Å²) in [7, 11) is 0. The van der Waals surface area contributed by atoms with E-state index in [4.69, 9.17) is 17.0 Å². The molecule has 0 bridgehead atoms. The molecule has 0 spiro atoms. The van der Waals surface area contributed by atoms with Gasteiger partial charge < -0.3 is 25.2 Å². The number of morpholine rings is 1. The Morgan fingerprint density at radius 2 is 2.00 bits per heavy atom. The highest BCUT2D eigenvalue weighted by Crippen LogP contribution is 2.13. The lowest BCUT2D eigenvalue weighted by Crippen LogP contribution is -3.14. The number of nitrogens with one attached hydrogen (secondary N) is 3. The van der Waals surface area contributed by atoms with Crippen LogP contribution in [0.4, 0.5) is 5.69 Å². The third kappa shape index (κ3) is 6.55. The molecular weight excluding hydrogens is 348 g/mol. The Balaban J connectivity index is 1.76. The first-order valence-corrected chi connectivity index (χ1v) is 9.90. The normalized spacial score (nSPS) is 14.7. The van der Waals surface area contributed by atoms with Gasteiger partial charge in [0.1, 0.15) is 13.1 Å². The third-order valence-corrected chi connectivity index (χ3v) is 4.86. The molecule has 2 rings (SSSR count). The number of anilines is 1. The molecule has 1 fully saturated rings. The van der Waals surface area contributed by atoms with E-state index in [-0.39, 0.29) is 5.91 Å². The van der Waals surface area contributed by atoms with Gasteiger partial charge in [0.15, 0.2) is 5.11 Å². The Morgan fingerprint density at radius 1 is 1.27 bits per heavy atom. The van der Waals surface area contributed by atoms with Gasteiger partial charge in [-0.25, -0.2) is 0 Å². The second kappa shape index (κ2) is 11.1. The zero-order valence-corrected chi connectivity index (χ0v) is 16.7. The molecule has 144 valence electrons. The molecule has 0 radical (unpaired) electrons. The summed E-state index contributed by atoms with van der Waals surface area (Å²) in [5.74, 6) is 0.0472. The van der Waals surface area contributed by atoms with E-state index in [2.05, 4.69) is 10.6 Å². The van der Waals surface area contributed by atoms with Crippen molar-refractivity contribution >= 4 is 28.9 Å². The first-order valence-electron chi connectivity index (χ1n) is 9.49. The fourth-order valence-corrected chi connectivity index (χ4v) is 3.27. The first-order chi connectivity index (χ1) is 12.6. The molecule has 0 saturated carbocycles. The summed E-state index contributed by atoms with van der Waals surface area (Å²) in [5.41, 5.74) is 1.51. The summed E-state index contributed by atoms with van der Waals surface area (Å²) in [4.78, 5) is 15.9. The number of benzene rings is 1. The van der Waals surface area contributed by atoms with E-state index >= 15 is 0 Å². The van der Waals surface area contributed by atoms with Crippen LogP contribution in [-0.2, 0) is 4.74 Å². The van der Waals surface area contributed by atoms with Crippen LogP contribution in [0.5, 0.6) is 0 Å². The monoisotopic (exact) mass is 379 g/mol. The number of carbonyl (C=O) groups is 1. The van der Waals surface area contributed by atoms with Crippen molar-refractivity contribution in [3.63, 3.8) is 0 Å². The van der Waals surface area contributed by atoms with Crippen LogP contribution in [-0.4, -0.2) is 68.4 Å². The van der Waals surface area contributed by atoms with Crippen LogP contribution >= 0.6 is 12.2 Å². The van der Waals surface area contributed by atoms with Gasteiger partial charge in [0.05, 0.1) is 19.8 Å². The van der Waals surface area contributed by atoms with Crippen LogP contribution in [0.25, 0.3) is 0 Å². The van der Waals surface area contributed by atoms with Crippen LogP contribution in [0.2, 0.25) is 0 Å². The second-order valence-electron chi connectivity index (χ2n) is 6.41. The molecule has 0 atom stereocenters. The maximum Gasteiger partial charge on any atom is 0.253 e. The highest BCUT2D eigenvalue weighted by atomic mass is 32.1. The number of carbonyl (C=O) groups excluding carboxylic acids is 1. The Kier molecular flexibility index (Phi) is 8.80. The minimum atomic E-state index is 0.0472. The van der Waals surface area contributed by atoms with Crippen molar-refractivity contribution in [1.82, 2.24) is 10.2 Å². The molecular formula is C19H31N4O2S+. The quantitative estimate of drug-likeness (QED) is 0.460. The van der Waals surface area contributed by atoms with Crippen molar-refractivity contribution in [2.45, 2.75) is 20.3 Å². The van der Waals surface area contributed by atoms with E-state index in [1.807, 2.05) is 43.0 Å². The van der Waals surface area contributed by atoms with Gasteiger partial charge in [0.2, 0.25) is 0 Å². The van der Waals surface area contributed by atoms with E-state index in [1.54, 1.807) is 4.90 Å². The van der Waals surface area contributed by atoms with Crippen molar-refractivity contribution in [3.05, 3.63) is 29.8 Å². The lowest BCUT2D eigenvalue weighted by molar-refractivity contribution is -0.908. The molecule has 1 heterocycles. The van der Waals surface area contributed by atoms with Crippen molar-refractivity contribution < 1.29 is 14.4 Å². The minimum absolute atomic E-state index is 0.0472. The van der Waals surface area contributed by atoms with Gasteiger partial charge in [-0.2, -0.15) is 0 Å². The lowest BCUT2D eigenvalue weighted by Gasteiger charge is -2.23. The minimum Gasteiger partial charge on any atom is -0.370 e. The van der Waals surface area contributed by atoms with Gasteiger partial charge in [-0.15, -0.1) is 0 Å². The average Bonchev–Trinajstić information content (AvgIpc) is 2.67. The summed E-state index contributed by atoms with van der Waals surface area (Å²) in [5, 5.41) is 7.01. The highest BCUT2D eigenvalue weighted by molar-refractivity contribution is 7.80. The Morgan fingerprint density at radius 3 is 2.69 bits per heavy atom. The predicted molar refractivity (Wildman–Crippen MR) is 109 cm³/mol. The van der Waals surface area contributed by atoms with Crippen LogP contribution in [0.3, 0.4) is 0 Å². The molecule has 0 aromatic heterocycles. The number of quaternary nitrogens is 1. The molecule has 1 aliphatic rings. The third-order valence-electron chi connectivity index (χ3n) is 4.61. The molecule has 0 unspecified atom stereocenters. The van der Waals surface area contributed by atoms with E-state index in [0.717, 1.165) is 51.5 Å². The van der Waals surface area contributed by atoms with Gasteiger partial charge in [-0.1, -0.05) is 6.07 Å². The van der Waals surface area contributed by atoms with Crippen molar-refractivity contribution in [1.29, 1.82) is 0 Å². The van der Waals surface area contributed by atoms with E-state index in [0.29, 0.717) is 23.8 Å².